The number of rotatable bonds is 43. The molecule has 0 aromatic carbocycles. The average molecular weight is 1180 g/mol. The molecule has 0 unspecified atom stereocenters. The van der Waals surface area contributed by atoms with Gasteiger partial charge in [0.05, 0.1) is 31.1 Å². The molecule has 0 aliphatic carbocycles. The van der Waals surface area contributed by atoms with Crippen molar-refractivity contribution in [1.82, 2.24) is 62.7 Å². The van der Waals surface area contributed by atoms with E-state index in [0.717, 1.165) is 0 Å². The van der Waals surface area contributed by atoms with Crippen molar-refractivity contribution in [2.24, 2.45) is 45.9 Å². The number of aromatic amines is 1. The third-order valence-corrected chi connectivity index (χ3v) is 13.8. The Morgan fingerprint density at radius 1 is 0.578 bits per heavy atom. The summed E-state index contributed by atoms with van der Waals surface area (Å²) in [6.45, 7) is 1.61. The number of aromatic nitrogens is 2. The molecule has 1 aromatic heterocycles. The fourth-order valence-electron chi connectivity index (χ4n) is 8.86. The first-order valence-corrected chi connectivity index (χ1v) is 28.7. The molecule has 2 heterocycles. The van der Waals surface area contributed by atoms with Gasteiger partial charge in [-0.2, -0.15) is 0 Å². The van der Waals surface area contributed by atoms with Gasteiger partial charge in [0.25, 0.3) is 0 Å². The van der Waals surface area contributed by atoms with Crippen LogP contribution in [-0.4, -0.2) is 216 Å². The Morgan fingerprint density at radius 2 is 1.11 bits per heavy atom. The molecule has 0 bridgehead atoms. The molecule has 1 fully saturated rings. The van der Waals surface area contributed by atoms with E-state index < -0.39 is 145 Å². The number of nitrogens with one attached hydrogen (secondary N) is 10. The number of likely N-dealkylation sites (tertiary alicyclic amines) is 1. The molecule has 1 aliphatic rings. The lowest BCUT2D eigenvalue weighted by atomic mass is 10.0. The van der Waals surface area contributed by atoms with Crippen LogP contribution in [0.25, 0.3) is 0 Å². The number of carbonyl (C=O) groups excluding carboxylic acids is 10. The summed E-state index contributed by atoms with van der Waals surface area (Å²) in [4.78, 5) is 145. The topological polar surface area (TPSA) is 560 Å². The molecular weight excluding hydrogens is 1080 g/mol. The third kappa shape index (κ3) is 26.3. The zero-order valence-electron chi connectivity index (χ0n) is 47.9. The van der Waals surface area contributed by atoms with E-state index in [2.05, 4.69) is 57.8 Å². The summed E-state index contributed by atoms with van der Waals surface area (Å²) in [6, 6.07) is -11.7. The molecule has 32 nitrogen and oxygen atoms in total. The largest absolute Gasteiger partial charge is 0.389 e. The number of nitrogens with zero attached hydrogens (tertiary/aromatic N) is 2. The summed E-state index contributed by atoms with van der Waals surface area (Å²) in [7, 11) is 0. The van der Waals surface area contributed by atoms with Crippen molar-refractivity contribution in [1.29, 1.82) is 0 Å². The number of hydrogen-bond acceptors (Lipinski definition) is 21. The van der Waals surface area contributed by atoms with E-state index in [1.54, 1.807) is 0 Å². The summed E-state index contributed by atoms with van der Waals surface area (Å²) in [6.07, 6.45) is 5.09. The van der Waals surface area contributed by atoms with Gasteiger partial charge >= 0.3 is 0 Å². The molecule has 11 atom stereocenters. The van der Waals surface area contributed by atoms with E-state index in [4.69, 9.17) is 45.9 Å². The number of carbonyl (C=O) groups is 10. The summed E-state index contributed by atoms with van der Waals surface area (Å²) in [5.74, 6) is -7.92. The van der Waals surface area contributed by atoms with Gasteiger partial charge in [-0.05, 0) is 130 Å². The van der Waals surface area contributed by atoms with Gasteiger partial charge in [-0.1, -0.05) is 6.42 Å². The first-order valence-electron chi connectivity index (χ1n) is 28.7. The van der Waals surface area contributed by atoms with Crippen molar-refractivity contribution in [3.63, 3.8) is 0 Å². The maximum Gasteiger partial charge on any atom is 0.246 e. The highest BCUT2D eigenvalue weighted by molar-refractivity contribution is 5.98. The number of aliphatic hydroxyl groups is 2. The molecule has 10 amide bonds. The van der Waals surface area contributed by atoms with Crippen molar-refractivity contribution >= 4 is 59.1 Å². The van der Waals surface area contributed by atoms with Crippen molar-refractivity contribution in [2.45, 2.75) is 176 Å². The van der Waals surface area contributed by atoms with Gasteiger partial charge in [0.1, 0.15) is 48.3 Å². The van der Waals surface area contributed by atoms with Gasteiger partial charge in [-0.15, -0.1) is 0 Å². The molecule has 83 heavy (non-hydrogen) atoms. The van der Waals surface area contributed by atoms with Gasteiger partial charge in [0, 0.05) is 44.5 Å². The summed E-state index contributed by atoms with van der Waals surface area (Å²) >= 11 is 0. The fraction of sp³-hybridized carbons (Fsp3) is 0.745. The zero-order valence-corrected chi connectivity index (χ0v) is 47.9. The summed E-state index contributed by atoms with van der Waals surface area (Å²) in [5, 5.41) is 44.2. The maximum atomic E-state index is 14.3. The monoisotopic (exact) mass is 1180 g/mol. The maximum absolute atomic E-state index is 14.3. The molecule has 0 saturated carbocycles. The van der Waals surface area contributed by atoms with E-state index in [1.165, 1.54) is 24.3 Å². The molecule has 0 spiro atoms. The van der Waals surface area contributed by atoms with Crippen molar-refractivity contribution in [3.05, 3.63) is 18.2 Å². The van der Waals surface area contributed by atoms with Crippen molar-refractivity contribution in [2.75, 3.05) is 65.4 Å². The average Bonchev–Trinajstić information content (AvgIpc) is 4.28. The van der Waals surface area contributed by atoms with Crippen LogP contribution in [0.4, 0.5) is 0 Å². The Hall–Kier alpha value is -6.49. The Balaban J connectivity index is 2.27. The molecule has 28 N–H and O–H groups in total. The molecule has 2 rings (SSSR count). The SMILES string of the molecule is C[C@H](NC(=O)[C@H](CCCCN)NC(=O)[C@H](Cc1cnc[nH]1)NC(=O)[C@@H]1CCCN1C(=O)[C@@H](CCCN)NC(=O)CNC(=O)[C@@H](NC(=O)[C@@H](NC(=O)[C@@H](N)CCCCN)[C@@H](O)CN)[C@@H](O)CN)C(=O)N[C@@H](CCCCN)C(=O)NCCCCN. The van der Waals surface area contributed by atoms with E-state index in [-0.39, 0.29) is 58.2 Å². The van der Waals surface area contributed by atoms with Gasteiger partial charge < -0.3 is 114 Å². The zero-order chi connectivity index (χ0) is 61.9. The van der Waals surface area contributed by atoms with Crippen LogP contribution < -0.4 is 93.7 Å². The molecule has 1 aliphatic heterocycles. The van der Waals surface area contributed by atoms with Crippen LogP contribution in [0, 0.1) is 0 Å². The predicted molar refractivity (Wildman–Crippen MR) is 306 cm³/mol. The minimum Gasteiger partial charge on any atom is -0.389 e. The molecule has 1 aromatic rings. The lowest BCUT2D eigenvalue weighted by Crippen LogP contribution is -2.63. The van der Waals surface area contributed by atoms with Gasteiger partial charge in [0.2, 0.25) is 59.1 Å². The Bertz CT molecular complexity index is 2160. The Morgan fingerprint density at radius 3 is 1.69 bits per heavy atom. The van der Waals surface area contributed by atoms with E-state index >= 15 is 0 Å². The lowest BCUT2D eigenvalue weighted by molar-refractivity contribution is -0.142. The normalized spacial score (nSPS) is 16.7. The summed E-state index contributed by atoms with van der Waals surface area (Å²) in [5.41, 5.74) is 45.9. The number of H-pyrrole nitrogens is 1. The fourth-order valence-corrected chi connectivity index (χ4v) is 8.86. The molecule has 0 radical (unpaired) electrons. The van der Waals surface area contributed by atoms with Gasteiger partial charge in [-0.3, -0.25) is 47.9 Å². The van der Waals surface area contributed by atoms with Gasteiger partial charge in [-0.25, -0.2) is 4.98 Å². The van der Waals surface area contributed by atoms with E-state index in [9.17, 15) is 58.2 Å². The van der Waals surface area contributed by atoms with E-state index in [1.807, 2.05) is 0 Å². The quantitative estimate of drug-likeness (QED) is 0.0270. The van der Waals surface area contributed by atoms with Gasteiger partial charge in [0.15, 0.2) is 0 Å². The standard InChI is InChI=1S/C51H96N20O12/c1-30(43(75)66-33(13-3-6-18-53)45(77)61-22-9-8-20-55)64-46(78)34(14-4-7-19-54)67-47(79)36(24-31-27-60-29-63-31)68-48(80)37-16-11-23-71(37)51(83)35(15-10-21-56)65-40(74)28-62-49(81)41(38(72)25-57)70-50(82)42(39(73)26-58)69-44(76)32(59)12-2-5-17-52/h27,29-30,32-39,41-42,72-73H,2-26,28,52-59H2,1H3,(H,60,63)(H,61,77)(H,62,81)(H,64,78)(H,65,74)(H,66,75)(H,67,79)(H,68,80)(H,69,76)(H,70,82)/t30-,32-,33-,34-,35+,36-,37-,38-,39-,41-,42-/m0/s1. The highest BCUT2D eigenvalue weighted by Crippen LogP contribution is 2.21. The minimum absolute atomic E-state index is 0.00322. The van der Waals surface area contributed by atoms with Crippen LogP contribution in [0.1, 0.15) is 109 Å². The molecule has 472 valence electrons. The molecular formula is C51H96N20O12. The van der Waals surface area contributed by atoms with E-state index in [0.29, 0.717) is 96.1 Å². The van der Waals surface area contributed by atoms with Crippen LogP contribution in [0.15, 0.2) is 12.5 Å². The second-order valence-corrected chi connectivity index (χ2v) is 20.5. The number of imidazole rings is 1. The van der Waals surface area contributed by atoms with Crippen LogP contribution in [-0.2, 0) is 54.4 Å². The van der Waals surface area contributed by atoms with Crippen molar-refractivity contribution in [3.8, 4) is 0 Å². The first kappa shape index (κ1) is 72.6. The highest BCUT2D eigenvalue weighted by atomic mass is 16.3. The smallest absolute Gasteiger partial charge is 0.246 e. The Labute approximate surface area is 484 Å². The number of nitrogens with two attached hydrogens (primary N) is 8. The first-order chi connectivity index (χ1) is 39.7. The Kier molecular flexibility index (Phi) is 35.6. The van der Waals surface area contributed by atoms with Crippen LogP contribution in [0.5, 0.6) is 0 Å². The minimum atomic E-state index is -1.82. The number of unbranched alkanes of at least 4 members (excludes halogenated alkanes) is 4. The molecule has 1 saturated heterocycles. The molecule has 32 heteroatoms. The number of hydrogen-bond donors (Lipinski definition) is 20. The highest BCUT2D eigenvalue weighted by Gasteiger charge is 2.40. The third-order valence-electron chi connectivity index (χ3n) is 13.8. The second kappa shape index (κ2) is 40.7. The van der Waals surface area contributed by atoms with Crippen LogP contribution >= 0.6 is 0 Å². The number of aliphatic hydroxyl groups excluding tert-OH is 2. The second-order valence-electron chi connectivity index (χ2n) is 20.5. The summed E-state index contributed by atoms with van der Waals surface area (Å²) < 4.78 is 0. The van der Waals surface area contributed by atoms with Crippen molar-refractivity contribution < 1.29 is 58.2 Å². The van der Waals surface area contributed by atoms with Crippen LogP contribution in [0.3, 0.4) is 0 Å². The predicted octanol–water partition coefficient (Wildman–Crippen LogP) is -8.58. The van der Waals surface area contributed by atoms with Crippen LogP contribution in [0.2, 0.25) is 0 Å². The number of amides is 10. The lowest BCUT2D eigenvalue weighted by Gasteiger charge is -2.30.